The number of halogens is 1. The van der Waals surface area contributed by atoms with Gasteiger partial charge in [0.05, 0.1) is 16.8 Å². The SMILES string of the molecule is CC(C)(C)C.CNc1c(N)c2cc[nH]c(=O)c2c2cc(F)ccc12. The smallest absolute Gasteiger partial charge is 0.256 e. The summed E-state index contributed by atoms with van der Waals surface area (Å²) in [5.74, 6) is -0.385. The van der Waals surface area contributed by atoms with Gasteiger partial charge in [-0.1, -0.05) is 27.7 Å². The second kappa shape index (κ2) is 6.51. The highest BCUT2D eigenvalue weighted by atomic mass is 19.1. The lowest BCUT2D eigenvalue weighted by Crippen LogP contribution is -2.08. The zero-order valence-electron chi connectivity index (χ0n) is 14.8. The zero-order valence-corrected chi connectivity index (χ0v) is 14.8. The molecule has 0 aliphatic rings. The Kier molecular flexibility index (Phi) is 4.83. The summed E-state index contributed by atoms with van der Waals surface area (Å²) < 4.78 is 13.5. The van der Waals surface area contributed by atoms with E-state index in [0.29, 0.717) is 32.9 Å². The molecule has 1 heterocycles. The van der Waals surface area contributed by atoms with E-state index in [0.717, 1.165) is 5.39 Å². The molecule has 0 atom stereocenters. The van der Waals surface area contributed by atoms with E-state index in [1.54, 1.807) is 19.2 Å². The molecule has 2 aromatic carbocycles. The molecule has 0 amide bonds. The predicted molar refractivity (Wildman–Crippen MR) is 101 cm³/mol. The van der Waals surface area contributed by atoms with E-state index >= 15 is 0 Å². The van der Waals surface area contributed by atoms with E-state index in [2.05, 4.69) is 38.0 Å². The lowest BCUT2D eigenvalue weighted by atomic mass is 9.99. The van der Waals surface area contributed by atoms with Crippen LogP contribution in [-0.4, -0.2) is 12.0 Å². The van der Waals surface area contributed by atoms with Crippen LogP contribution < -0.4 is 16.6 Å². The maximum absolute atomic E-state index is 13.5. The summed E-state index contributed by atoms with van der Waals surface area (Å²) in [6.45, 7) is 8.75. The van der Waals surface area contributed by atoms with Crippen LogP contribution in [-0.2, 0) is 0 Å². The number of hydrogen-bond acceptors (Lipinski definition) is 3. The minimum atomic E-state index is -0.385. The molecule has 0 saturated carbocycles. The van der Waals surface area contributed by atoms with Crippen molar-refractivity contribution in [1.29, 1.82) is 0 Å². The van der Waals surface area contributed by atoms with Crippen LogP contribution in [0.1, 0.15) is 27.7 Å². The molecule has 5 heteroatoms. The zero-order chi connectivity index (χ0) is 18.1. The number of rotatable bonds is 1. The Labute approximate surface area is 140 Å². The first kappa shape index (κ1) is 17.8. The molecule has 0 aliphatic carbocycles. The molecular weight excluding hydrogens is 305 g/mol. The highest BCUT2D eigenvalue weighted by molar-refractivity contribution is 6.19. The van der Waals surface area contributed by atoms with Crippen LogP contribution >= 0.6 is 0 Å². The summed E-state index contributed by atoms with van der Waals surface area (Å²) in [4.78, 5) is 14.6. The Bertz CT molecular complexity index is 933. The molecule has 0 aliphatic heterocycles. The van der Waals surface area contributed by atoms with Gasteiger partial charge >= 0.3 is 0 Å². The van der Waals surface area contributed by atoms with Crippen LogP contribution in [0, 0.1) is 11.2 Å². The van der Waals surface area contributed by atoms with Gasteiger partial charge in [-0.05, 0) is 29.7 Å². The molecule has 4 N–H and O–H groups in total. The molecule has 3 aromatic rings. The average molecular weight is 329 g/mol. The topological polar surface area (TPSA) is 70.9 Å². The van der Waals surface area contributed by atoms with Crippen molar-refractivity contribution < 1.29 is 4.39 Å². The standard InChI is InChI=1S/C14H12FN3O.C5H12/c1-17-13-8-3-2-7(15)6-10(8)11-9(12(13)16)4-5-18-14(11)19;1-5(2,3)4/h2-6,17H,16H2,1H3,(H,18,19);1-4H3. The largest absolute Gasteiger partial charge is 0.397 e. The molecule has 0 spiro atoms. The maximum atomic E-state index is 13.5. The lowest BCUT2D eigenvalue weighted by Gasteiger charge is -2.13. The van der Waals surface area contributed by atoms with Gasteiger partial charge in [0.25, 0.3) is 5.56 Å². The Balaban J connectivity index is 0.000000368. The van der Waals surface area contributed by atoms with E-state index in [-0.39, 0.29) is 11.4 Å². The molecule has 0 saturated heterocycles. The fourth-order valence-corrected chi connectivity index (χ4v) is 2.46. The van der Waals surface area contributed by atoms with Crippen molar-refractivity contribution in [3.63, 3.8) is 0 Å². The number of anilines is 2. The quantitative estimate of drug-likeness (QED) is 0.350. The first-order chi connectivity index (χ1) is 11.1. The minimum Gasteiger partial charge on any atom is -0.397 e. The van der Waals surface area contributed by atoms with Crippen molar-refractivity contribution >= 4 is 32.9 Å². The van der Waals surface area contributed by atoms with E-state index in [1.807, 2.05) is 0 Å². The highest BCUT2D eigenvalue weighted by Gasteiger charge is 2.13. The minimum absolute atomic E-state index is 0.276. The summed E-state index contributed by atoms with van der Waals surface area (Å²) in [5, 5.41) is 5.32. The summed E-state index contributed by atoms with van der Waals surface area (Å²) in [6.07, 6.45) is 1.53. The first-order valence-corrected chi connectivity index (χ1v) is 7.83. The van der Waals surface area contributed by atoms with Crippen molar-refractivity contribution in [1.82, 2.24) is 4.98 Å². The van der Waals surface area contributed by atoms with Crippen LogP contribution in [0.25, 0.3) is 21.5 Å². The Morgan fingerprint density at radius 1 is 1.08 bits per heavy atom. The van der Waals surface area contributed by atoms with Gasteiger partial charge in [0, 0.05) is 29.4 Å². The molecule has 128 valence electrons. The van der Waals surface area contributed by atoms with Crippen LogP contribution in [0.5, 0.6) is 0 Å². The lowest BCUT2D eigenvalue weighted by molar-refractivity contribution is 0.469. The number of nitrogen functional groups attached to an aromatic ring is 1. The van der Waals surface area contributed by atoms with Crippen LogP contribution in [0.2, 0.25) is 0 Å². The summed E-state index contributed by atoms with van der Waals surface area (Å²) in [6, 6.07) is 6.05. The second-order valence-electron chi connectivity index (χ2n) is 7.32. The predicted octanol–water partition coefficient (Wildman–Crippen LogP) is 4.50. The first-order valence-electron chi connectivity index (χ1n) is 7.83. The number of aromatic nitrogens is 1. The van der Waals surface area contributed by atoms with Gasteiger partial charge in [-0.25, -0.2) is 4.39 Å². The van der Waals surface area contributed by atoms with Crippen LogP contribution in [0.15, 0.2) is 35.3 Å². The number of nitrogens with two attached hydrogens (primary N) is 1. The second-order valence-corrected chi connectivity index (χ2v) is 7.32. The molecule has 0 fully saturated rings. The number of fused-ring (bicyclic) bond motifs is 3. The van der Waals surface area contributed by atoms with E-state index in [1.165, 1.54) is 18.3 Å². The van der Waals surface area contributed by atoms with Gasteiger partial charge in [0.2, 0.25) is 0 Å². The summed E-state index contributed by atoms with van der Waals surface area (Å²) in [5.41, 5.74) is 7.51. The van der Waals surface area contributed by atoms with Gasteiger partial charge in [-0.2, -0.15) is 0 Å². The third kappa shape index (κ3) is 3.67. The fourth-order valence-electron chi connectivity index (χ4n) is 2.46. The third-order valence-electron chi connectivity index (χ3n) is 3.29. The molecule has 3 rings (SSSR count). The highest BCUT2D eigenvalue weighted by Crippen LogP contribution is 2.36. The Morgan fingerprint density at radius 3 is 2.29 bits per heavy atom. The van der Waals surface area contributed by atoms with Crippen molar-refractivity contribution in [3.05, 3.63) is 46.6 Å². The Hall–Kier alpha value is -2.56. The van der Waals surface area contributed by atoms with Crippen molar-refractivity contribution in [3.8, 4) is 0 Å². The number of H-pyrrole nitrogens is 1. The van der Waals surface area contributed by atoms with Crippen LogP contribution in [0.4, 0.5) is 15.8 Å². The molecule has 0 bridgehead atoms. The van der Waals surface area contributed by atoms with Gasteiger partial charge in [0.15, 0.2) is 0 Å². The number of pyridine rings is 1. The van der Waals surface area contributed by atoms with Crippen molar-refractivity contribution in [2.24, 2.45) is 5.41 Å². The van der Waals surface area contributed by atoms with Gasteiger partial charge in [-0.15, -0.1) is 0 Å². The van der Waals surface area contributed by atoms with E-state index in [9.17, 15) is 9.18 Å². The number of nitrogens with one attached hydrogen (secondary N) is 2. The number of hydrogen-bond donors (Lipinski definition) is 3. The van der Waals surface area contributed by atoms with Gasteiger partial charge < -0.3 is 16.0 Å². The molecule has 0 unspecified atom stereocenters. The van der Waals surface area contributed by atoms with Crippen LogP contribution in [0.3, 0.4) is 0 Å². The van der Waals surface area contributed by atoms with Gasteiger partial charge in [-0.3, -0.25) is 4.79 Å². The third-order valence-corrected chi connectivity index (χ3v) is 3.29. The monoisotopic (exact) mass is 329 g/mol. The van der Waals surface area contributed by atoms with E-state index < -0.39 is 0 Å². The maximum Gasteiger partial charge on any atom is 0.256 e. The molecule has 1 aromatic heterocycles. The van der Waals surface area contributed by atoms with Gasteiger partial charge in [0.1, 0.15) is 5.82 Å². The molecule has 24 heavy (non-hydrogen) atoms. The fraction of sp³-hybridized carbons (Fsp3) is 0.316. The number of aromatic amines is 1. The van der Waals surface area contributed by atoms with Crippen molar-refractivity contribution in [2.75, 3.05) is 18.1 Å². The van der Waals surface area contributed by atoms with Crippen molar-refractivity contribution in [2.45, 2.75) is 27.7 Å². The molecule has 4 nitrogen and oxygen atoms in total. The number of benzene rings is 2. The Morgan fingerprint density at radius 2 is 1.71 bits per heavy atom. The van der Waals surface area contributed by atoms with E-state index in [4.69, 9.17) is 5.73 Å². The summed E-state index contributed by atoms with van der Waals surface area (Å²) >= 11 is 0. The summed E-state index contributed by atoms with van der Waals surface area (Å²) in [7, 11) is 1.74. The normalized spacial score (nSPS) is 11.2. The molecule has 0 radical (unpaired) electrons. The average Bonchev–Trinajstić information content (AvgIpc) is 2.46. The molecular formula is C19H24FN3O.